The lowest BCUT2D eigenvalue weighted by Gasteiger charge is -2.04. The molecule has 0 aromatic heterocycles. The third-order valence-electron chi connectivity index (χ3n) is 2.56. The van der Waals surface area contributed by atoms with Gasteiger partial charge in [-0.3, -0.25) is 0 Å². The summed E-state index contributed by atoms with van der Waals surface area (Å²) in [5.41, 5.74) is 0. The van der Waals surface area contributed by atoms with Crippen molar-refractivity contribution in [1.29, 1.82) is 0 Å². The molecule has 3 heteroatoms. The summed E-state index contributed by atoms with van der Waals surface area (Å²) >= 11 is 0. The monoisotopic (exact) mass is 232 g/mol. The van der Waals surface area contributed by atoms with Crippen LogP contribution in [0.25, 0.3) is 0 Å². The molecule has 0 atom stereocenters. The van der Waals surface area contributed by atoms with Gasteiger partial charge in [-0.1, -0.05) is 39.0 Å². The second-order valence-electron chi connectivity index (χ2n) is 4.12. The minimum absolute atomic E-state index is 0.152. The smallest absolute Gasteiger partial charge is 0.143 e. The number of unbranched alkanes of at least 4 members (excludes halogenated alkanes) is 6. The third kappa shape index (κ3) is 13.9. The molecular weight excluding hydrogens is 204 g/mol. The van der Waals surface area contributed by atoms with Crippen molar-refractivity contribution in [3.63, 3.8) is 0 Å². The normalized spacial score (nSPS) is 10.9. The first-order valence-electron chi connectivity index (χ1n) is 6.68. The van der Waals surface area contributed by atoms with Gasteiger partial charge in [0.25, 0.3) is 0 Å². The maximum atomic E-state index is 8.39. The van der Waals surface area contributed by atoms with Gasteiger partial charge in [-0.2, -0.15) is 0 Å². The van der Waals surface area contributed by atoms with E-state index in [-0.39, 0.29) is 6.79 Å². The largest absolute Gasteiger partial charge is 0.381 e. The van der Waals surface area contributed by atoms with Crippen LogP contribution in [0.1, 0.15) is 58.3 Å². The van der Waals surface area contributed by atoms with Gasteiger partial charge < -0.3 is 14.6 Å². The van der Waals surface area contributed by atoms with Crippen LogP contribution in [0.3, 0.4) is 0 Å². The predicted molar refractivity (Wildman–Crippen MR) is 66.5 cm³/mol. The second kappa shape index (κ2) is 14.9. The Morgan fingerprint density at radius 1 is 0.688 bits per heavy atom. The van der Waals surface area contributed by atoms with E-state index in [2.05, 4.69) is 6.92 Å². The molecule has 0 aliphatic rings. The average Bonchev–Trinajstić information content (AvgIpc) is 2.31. The van der Waals surface area contributed by atoms with E-state index in [1.165, 1.54) is 38.5 Å². The number of ether oxygens (including phenoxy) is 2. The minimum Gasteiger partial charge on any atom is -0.381 e. The Morgan fingerprint density at radius 3 is 1.69 bits per heavy atom. The molecular formula is C13H28O3. The summed E-state index contributed by atoms with van der Waals surface area (Å²) in [6.07, 6.45) is 9.67. The fraction of sp³-hybridized carbons (Fsp3) is 1.00. The van der Waals surface area contributed by atoms with Gasteiger partial charge in [-0.25, -0.2) is 0 Å². The summed E-state index contributed by atoms with van der Waals surface area (Å²) in [5, 5.41) is 8.39. The van der Waals surface area contributed by atoms with Crippen molar-refractivity contribution in [2.75, 3.05) is 26.6 Å². The summed E-state index contributed by atoms with van der Waals surface area (Å²) in [5.74, 6) is 0. The first kappa shape index (κ1) is 15.9. The van der Waals surface area contributed by atoms with E-state index >= 15 is 0 Å². The van der Waals surface area contributed by atoms with Gasteiger partial charge in [-0.05, 0) is 19.3 Å². The van der Waals surface area contributed by atoms with Crippen LogP contribution in [0.4, 0.5) is 0 Å². The van der Waals surface area contributed by atoms with Crippen LogP contribution < -0.4 is 0 Å². The third-order valence-corrected chi connectivity index (χ3v) is 2.56. The minimum atomic E-state index is -0.152. The van der Waals surface area contributed by atoms with E-state index in [9.17, 15) is 0 Å². The zero-order valence-electron chi connectivity index (χ0n) is 10.7. The van der Waals surface area contributed by atoms with E-state index in [1.807, 2.05) is 0 Å². The molecule has 0 bridgehead atoms. The zero-order valence-corrected chi connectivity index (χ0v) is 10.7. The predicted octanol–water partition coefficient (Wildman–Crippen LogP) is 3.11. The number of rotatable bonds is 13. The Labute approximate surface area is 100 Å². The van der Waals surface area contributed by atoms with Crippen LogP contribution in [0.2, 0.25) is 0 Å². The van der Waals surface area contributed by atoms with Crippen molar-refractivity contribution in [2.45, 2.75) is 58.3 Å². The molecule has 0 fully saturated rings. The molecule has 0 saturated heterocycles. The molecule has 0 rings (SSSR count). The highest BCUT2D eigenvalue weighted by molar-refractivity contribution is 4.43. The molecule has 1 N–H and O–H groups in total. The van der Waals surface area contributed by atoms with E-state index in [0.29, 0.717) is 6.61 Å². The molecule has 0 spiro atoms. The lowest BCUT2D eigenvalue weighted by Crippen LogP contribution is -1.98. The Morgan fingerprint density at radius 2 is 1.19 bits per heavy atom. The Kier molecular flexibility index (Phi) is 14.8. The topological polar surface area (TPSA) is 38.7 Å². The van der Waals surface area contributed by atoms with Gasteiger partial charge in [0.2, 0.25) is 0 Å². The molecule has 0 saturated carbocycles. The Hall–Kier alpha value is -0.120. The maximum Gasteiger partial charge on any atom is 0.143 e. The highest BCUT2D eigenvalue weighted by Crippen LogP contribution is 2.02. The van der Waals surface area contributed by atoms with E-state index < -0.39 is 0 Å². The van der Waals surface area contributed by atoms with Crippen LogP contribution in [0.15, 0.2) is 0 Å². The maximum absolute atomic E-state index is 8.39. The quantitative estimate of drug-likeness (QED) is 0.392. The summed E-state index contributed by atoms with van der Waals surface area (Å²) in [4.78, 5) is 0. The summed E-state index contributed by atoms with van der Waals surface area (Å²) in [6, 6.07) is 0. The van der Waals surface area contributed by atoms with Crippen LogP contribution >= 0.6 is 0 Å². The van der Waals surface area contributed by atoms with E-state index in [4.69, 9.17) is 14.6 Å². The summed E-state index contributed by atoms with van der Waals surface area (Å²) < 4.78 is 10.4. The molecule has 0 radical (unpaired) electrons. The lowest BCUT2D eigenvalue weighted by atomic mass is 10.2. The molecule has 0 aliphatic heterocycles. The van der Waals surface area contributed by atoms with Gasteiger partial charge in [0.05, 0.1) is 0 Å². The van der Waals surface area contributed by atoms with Crippen molar-refractivity contribution in [1.82, 2.24) is 0 Å². The zero-order chi connectivity index (χ0) is 11.9. The molecule has 0 heterocycles. The van der Waals surface area contributed by atoms with Crippen LogP contribution in [0, 0.1) is 0 Å². The molecule has 3 nitrogen and oxygen atoms in total. The van der Waals surface area contributed by atoms with Crippen LogP contribution in [0.5, 0.6) is 0 Å². The van der Waals surface area contributed by atoms with Crippen LogP contribution in [-0.4, -0.2) is 31.7 Å². The Bertz CT molecular complexity index is 104. The number of aliphatic hydroxyl groups is 1. The molecule has 16 heavy (non-hydrogen) atoms. The fourth-order valence-electron chi connectivity index (χ4n) is 1.56. The van der Waals surface area contributed by atoms with Gasteiger partial charge >= 0.3 is 0 Å². The standard InChI is InChI=1S/C13H28O3/c1-2-3-4-7-10-15-11-8-5-6-9-12-16-13-14/h14H,2-13H2,1H3. The van der Waals surface area contributed by atoms with Crippen molar-refractivity contribution in [3.8, 4) is 0 Å². The number of aliphatic hydroxyl groups excluding tert-OH is 1. The van der Waals surface area contributed by atoms with E-state index in [1.54, 1.807) is 0 Å². The molecule has 0 aromatic carbocycles. The lowest BCUT2D eigenvalue weighted by molar-refractivity contribution is -0.00298. The highest BCUT2D eigenvalue weighted by atomic mass is 16.6. The van der Waals surface area contributed by atoms with Crippen LogP contribution in [-0.2, 0) is 9.47 Å². The fourth-order valence-corrected chi connectivity index (χ4v) is 1.56. The molecule has 0 aromatic rings. The number of hydrogen-bond donors (Lipinski definition) is 1. The number of hydrogen-bond acceptors (Lipinski definition) is 3. The van der Waals surface area contributed by atoms with Crippen molar-refractivity contribution < 1.29 is 14.6 Å². The molecule has 0 amide bonds. The molecule has 0 aliphatic carbocycles. The average molecular weight is 232 g/mol. The first-order valence-corrected chi connectivity index (χ1v) is 6.68. The van der Waals surface area contributed by atoms with Gasteiger partial charge in [0, 0.05) is 19.8 Å². The van der Waals surface area contributed by atoms with Crippen molar-refractivity contribution in [2.24, 2.45) is 0 Å². The van der Waals surface area contributed by atoms with Gasteiger partial charge in [0.1, 0.15) is 6.79 Å². The summed E-state index contributed by atoms with van der Waals surface area (Å²) in [6.45, 7) is 4.57. The molecule has 98 valence electrons. The SMILES string of the molecule is CCCCCCOCCCCCCOCO. The van der Waals surface area contributed by atoms with Gasteiger partial charge in [-0.15, -0.1) is 0 Å². The second-order valence-corrected chi connectivity index (χ2v) is 4.12. The molecule has 0 unspecified atom stereocenters. The van der Waals surface area contributed by atoms with Crippen molar-refractivity contribution in [3.05, 3.63) is 0 Å². The van der Waals surface area contributed by atoms with Gasteiger partial charge in [0.15, 0.2) is 0 Å². The first-order chi connectivity index (χ1) is 7.91. The summed E-state index contributed by atoms with van der Waals surface area (Å²) in [7, 11) is 0. The highest BCUT2D eigenvalue weighted by Gasteiger charge is 1.92. The Balaban J connectivity index is 2.83. The van der Waals surface area contributed by atoms with E-state index in [0.717, 1.165) is 26.1 Å². The van der Waals surface area contributed by atoms with Crippen molar-refractivity contribution >= 4 is 0 Å².